The van der Waals surface area contributed by atoms with Gasteiger partial charge in [-0.3, -0.25) is 4.79 Å². The summed E-state index contributed by atoms with van der Waals surface area (Å²) in [7, 11) is 0. The molecule has 1 aliphatic carbocycles. The van der Waals surface area contributed by atoms with E-state index < -0.39 is 0 Å². The van der Waals surface area contributed by atoms with Gasteiger partial charge < -0.3 is 16.0 Å². The van der Waals surface area contributed by atoms with Gasteiger partial charge in [0.2, 0.25) is 5.91 Å². The van der Waals surface area contributed by atoms with Gasteiger partial charge in [0.05, 0.1) is 0 Å². The van der Waals surface area contributed by atoms with E-state index in [1.54, 1.807) is 0 Å². The fourth-order valence-electron chi connectivity index (χ4n) is 2.51. The van der Waals surface area contributed by atoms with Crippen molar-refractivity contribution in [3.05, 3.63) is 29.8 Å². The van der Waals surface area contributed by atoms with Gasteiger partial charge >= 0.3 is 0 Å². The molecule has 21 heavy (non-hydrogen) atoms. The third-order valence-corrected chi connectivity index (χ3v) is 3.99. The summed E-state index contributed by atoms with van der Waals surface area (Å²) >= 11 is 0. The number of nitrogens with zero attached hydrogens (tertiary/aromatic N) is 1. The van der Waals surface area contributed by atoms with Crippen molar-refractivity contribution in [2.24, 2.45) is 11.7 Å². The first-order valence-electron chi connectivity index (χ1n) is 8.02. The van der Waals surface area contributed by atoms with Crippen LogP contribution < -0.4 is 11.1 Å². The number of benzene rings is 1. The normalized spacial score (nSPS) is 14.4. The molecule has 1 amide bonds. The molecule has 0 heterocycles. The van der Waals surface area contributed by atoms with Crippen molar-refractivity contribution in [1.82, 2.24) is 4.90 Å². The Kier molecular flexibility index (Phi) is 6.21. The number of nitrogens with one attached hydrogen (secondary N) is 1. The highest BCUT2D eigenvalue weighted by atomic mass is 16.1. The predicted molar refractivity (Wildman–Crippen MR) is 87.0 cm³/mol. The Labute approximate surface area is 127 Å². The summed E-state index contributed by atoms with van der Waals surface area (Å²) in [5.74, 6) is 1.00. The first-order valence-corrected chi connectivity index (χ1v) is 8.02. The number of rotatable bonds is 9. The van der Waals surface area contributed by atoms with E-state index in [1.165, 1.54) is 19.4 Å². The second-order valence-electron chi connectivity index (χ2n) is 5.89. The molecule has 1 aliphatic rings. The van der Waals surface area contributed by atoms with Crippen LogP contribution in [-0.4, -0.2) is 30.4 Å². The first-order chi connectivity index (χ1) is 10.2. The van der Waals surface area contributed by atoms with E-state index >= 15 is 0 Å². The monoisotopic (exact) mass is 289 g/mol. The molecular weight excluding hydrogens is 262 g/mol. The first kappa shape index (κ1) is 16.0. The largest absolute Gasteiger partial charge is 0.326 e. The molecule has 4 heteroatoms. The van der Waals surface area contributed by atoms with Gasteiger partial charge in [0, 0.05) is 25.2 Å². The molecule has 0 bridgehead atoms. The van der Waals surface area contributed by atoms with Crippen LogP contribution in [0.1, 0.15) is 38.2 Å². The van der Waals surface area contributed by atoms with Gasteiger partial charge in [-0.1, -0.05) is 19.1 Å². The highest BCUT2D eigenvalue weighted by Crippen LogP contribution is 2.29. The molecule has 1 aromatic carbocycles. The second-order valence-corrected chi connectivity index (χ2v) is 5.89. The molecule has 1 saturated carbocycles. The van der Waals surface area contributed by atoms with Crippen LogP contribution in [0.3, 0.4) is 0 Å². The maximum atomic E-state index is 12.0. The molecule has 116 valence electrons. The number of anilines is 1. The summed E-state index contributed by atoms with van der Waals surface area (Å²) in [6.07, 6.45) is 4.26. The Hall–Kier alpha value is -1.39. The molecule has 0 aliphatic heterocycles. The van der Waals surface area contributed by atoms with Gasteiger partial charge in [0.25, 0.3) is 0 Å². The number of hydrogen-bond acceptors (Lipinski definition) is 3. The van der Waals surface area contributed by atoms with E-state index in [0.717, 1.165) is 36.7 Å². The molecule has 0 spiro atoms. The lowest BCUT2D eigenvalue weighted by Crippen LogP contribution is -2.27. The van der Waals surface area contributed by atoms with Crippen molar-refractivity contribution < 1.29 is 4.79 Å². The van der Waals surface area contributed by atoms with E-state index in [2.05, 4.69) is 17.1 Å². The number of amides is 1. The van der Waals surface area contributed by atoms with Crippen molar-refractivity contribution in [3.8, 4) is 0 Å². The van der Waals surface area contributed by atoms with Gasteiger partial charge in [-0.05, 0) is 56.0 Å². The Morgan fingerprint density at radius 1 is 1.43 bits per heavy atom. The average molecular weight is 289 g/mol. The van der Waals surface area contributed by atoms with Crippen molar-refractivity contribution in [2.75, 3.05) is 25.0 Å². The molecule has 1 aromatic rings. The number of nitrogens with two attached hydrogens (primary N) is 1. The molecular formula is C17H27N3O. The summed E-state index contributed by atoms with van der Waals surface area (Å²) in [5.41, 5.74) is 7.48. The minimum Gasteiger partial charge on any atom is -0.326 e. The molecule has 0 unspecified atom stereocenters. The summed E-state index contributed by atoms with van der Waals surface area (Å²) in [5, 5.41) is 2.95. The lowest BCUT2D eigenvalue weighted by atomic mass is 10.2. The van der Waals surface area contributed by atoms with E-state index in [-0.39, 0.29) is 5.91 Å². The van der Waals surface area contributed by atoms with Crippen LogP contribution >= 0.6 is 0 Å². The average Bonchev–Trinajstić information content (AvgIpc) is 3.30. The predicted octanol–water partition coefficient (Wildman–Crippen LogP) is 2.60. The molecule has 1 fully saturated rings. The van der Waals surface area contributed by atoms with Crippen LogP contribution in [0.2, 0.25) is 0 Å². The summed E-state index contributed by atoms with van der Waals surface area (Å²) in [6, 6.07) is 7.73. The Bertz CT molecular complexity index is 457. The summed E-state index contributed by atoms with van der Waals surface area (Å²) in [4.78, 5) is 14.4. The highest BCUT2D eigenvalue weighted by Gasteiger charge is 2.23. The van der Waals surface area contributed by atoms with E-state index in [0.29, 0.717) is 13.0 Å². The topological polar surface area (TPSA) is 58.4 Å². The Morgan fingerprint density at radius 2 is 2.24 bits per heavy atom. The standard InChI is InChI=1S/C17H27N3O/c1-2-20(13-14-8-9-14)10-4-7-17(21)19-16-6-3-5-15(11-16)12-18/h3,5-6,11,14H,2,4,7-10,12-13,18H2,1H3,(H,19,21). The van der Waals surface area contributed by atoms with Crippen molar-refractivity contribution >= 4 is 11.6 Å². The van der Waals surface area contributed by atoms with Gasteiger partial charge in [-0.15, -0.1) is 0 Å². The van der Waals surface area contributed by atoms with Gasteiger partial charge in [-0.25, -0.2) is 0 Å². The zero-order chi connectivity index (χ0) is 15.1. The fraction of sp³-hybridized carbons (Fsp3) is 0.588. The van der Waals surface area contributed by atoms with Crippen LogP contribution in [0.25, 0.3) is 0 Å². The van der Waals surface area contributed by atoms with Crippen molar-refractivity contribution in [3.63, 3.8) is 0 Å². The third kappa shape index (κ3) is 5.86. The SMILES string of the molecule is CCN(CCCC(=O)Nc1cccc(CN)c1)CC1CC1. The number of hydrogen-bond donors (Lipinski definition) is 2. The maximum absolute atomic E-state index is 12.0. The molecule has 2 rings (SSSR count). The molecule has 4 nitrogen and oxygen atoms in total. The zero-order valence-electron chi connectivity index (χ0n) is 13.0. The molecule has 0 atom stereocenters. The third-order valence-electron chi connectivity index (χ3n) is 3.99. The van der Waals surface area contributed by atoms with Gasteiger partial charge in [0.1, 0.15) is 0 Å². The summed E-state index contributed by atoms with van der Waals surface area (Å²) < 4.78 is 0. The molecule has 0 aromatic heterocycles. The number of carbonyl (C=O) groups excluding carboxylic acids is 1. The highest BCUT2D eigenvalue weighted by molar-refractivity contribution is 5.90. The second kappa shape index (κ2) is 8.15. The van der Waals surface area contributed by atoms with E-state index in [4.69, 9.17) is 5.73 Å². The van der Waals surface area contributed by atoms with E-state index in [1.807, 2.05) is 24.3 Å². The molecule has 0 radical (unpaired) electrons. The van der Waals surface area contributed by atoms with Crippen LogP contribution in [-0.2, 0) is 11.3 Å². The van der Waals surface area contributed by atoms with Crippen molar-refractivity contribution in [1.29, 1.82) is 0 Å². The Balaban J connectivity index is 1.68. The van der Waals surface area contributed by atoms with Crippen LogP contribution in [0.4, 0.5) is 5.69 Å². The zero-order valence-corrected chi connectivity index (χ0v) is 13.0. The minimum absolute atomic E-state index is 0.0895. The molecule has 0 saturated heterocycles. The van der Waals surface area contributed by atoms with E-state index in [9.17, 15) is 4.79 Å². The molecule has 3 N–H and O–H groups in total. The lowest BCUT2D eigenvalue weighted by molar-refractivity contribution is -0.116. The fourth-order valence-corrected chi connectivity index (χ4v) is 2.51. The minimum atomic E-state index is 0.0895. The number of carbonyl (C=O) groups is 1. The van der Waals surface area contributed by atoms with Crippen LogP contribution in [0.5, 0.6) is 0 Å². The Morgan fingerprint density at radius 3 is 2.90 bits per heavy atom. The van der Waals surface area contributed by atoms with Gasteiger partial charge in [0.15, 0.2) is 0 Å². The quantitative estimate of drug-likeness (QED) is 0.734. The summed E-state index contributed by atoms with van der Waals surface area (Å²) in [6.45, 7) is 5.99. The lowest BCUT2D eigenvalue weighted by Gasteiger charge is -2.19. The smallest absolute Gasteiger partial charge is 0.224 e. The maximum Gasteiger partial charge on any atom is 0.224 e. The van der Waals surface area contributed by atoms with Crippen LogP contribution in [0.15, 0.2) is 24.3 Å². The van der Waals surface area contributed by atoms with Crippen molar-refractivity contribution in [2.45, 2.75) is 39.2 Å². The van der Waals surface area contributed by atoms with Gasteiger partial charge in [-0.2, -0.15) is 0 Å². The van der Waals surface area contributed by atoms with Crippen LogP contribution in [0, 0.1) is 5.92 Å².